The Labute approximate surface area is 90.8 Å². The monoisotopic (exact) mass is 194 g/mol. The summed E-state index contributed by atoms with van der Waals surface area (Å²) in [4.78, 5) is 0. The van der Waals surface area contributed by atoms with Crippen molar-refractivity contribution in [3.63, 3.8) is 0 Å². The zero-order valence-corrected chi connectivity index (χ0v) is 9.64. The number of hydrogen-bond acceptors (Lipinski definition) is 0. The van der Waals surface area contributed by atoms with Crippen molar-refractivity contribution in [3.05, 3.63) is 26.0 Å². The van der Waals surface area contributed by atoms with E-state index in [4.69, 9.17) is 0 Å². The maximum absolute atomic E-state index is 3.84. The molecule has 0 aromatic heterocycles. The molecule has 0 saturated heterocycles. The van der Waals surface area contributed by atoms with Crippen LogP contribution in [0.2, 0.25) is 0 Å². The molecule has 0 amide bonds. The van der Waals surface area contributed by atoms with Gasteiger partial charge < -0.3 is 0 Å². The van der Waals surface area contributed by atoms with Crippen LogP contribution in [0.1, 0.15) is 64.2 Å². The molecule has 0 spiro atoms. The predicted molar refractivity (Wildman–Crippen MR) is 66.0 cm³/mol. The van der Waals surface area contributed by atoms with Crippen molar-refractivity contribution in [3.8, 4) is 0 Å². The van der Waals surface area contributed by atoms with E-state index >= 15 is 0 Å². The Balaban J connectivity index is 2.96. The molecule has 0 saturated carbocycles. The highest BCUT2D eigenvalue weighted by Gasteiger charge is 1.86. The van der Waals surface area contributed by atoms with Crippen molar-refractivity contribution >= 4 is 0 Å². The van der Waals surface area contributed by atoms with Crippen LogP contribution < -0.4 is 0 Å². The van der Waals surface area contributed by atoms with E-state index in [1.807, 2.05) is 0 Å². The fourth-order valence-electron chi connectivity index (χ4n) is 1.47. The average molecular weight is 194 g/mol. The molecule has 0 heterocycles. The molecular weight excluding hydrogens is 168 g/mol. The van der Waals surface area contributed by atoms with E-state index in [2.05, 4.69) is 26.0 Å². The second-order valence-corrected chi connectivity index (χ2v) is 3.88. The van der Waals surface area contributed by atoms with Gasteiger partial charge in [0.1, 0.15) is 0 Å². The molecule has 0 atom stereocenters. The zero-order chi connectivity index (χ0) is 10.5. The van der Waals surface area contributed by atoms with Crippen LogP contribution in [0.5, 0.6) is 0 Å². The van der Waals surface area contributed by atoms with Gasteiger partial charge in [0, 0.05) is 0 Å². The van der Waals surface area contributed by atoms with Crippen LogP contribution in [0.15, 0.2) is 12.2 Å². The first-order chi connectivity index (χ1) is 6.91. The minimum Gasteiger partial charge on any atom is -0.0885 e. The summed E-state index contributed by atoms with van der Waals surface area (Å²) in [6, 6.07) is 0. The number of hydrogen-bond donors (Lipinski definition) is 0. The topological polar surface area (TPSA) is 0 Å². The number of allylic oxidation sites excluding steroid dienone is 2. The van der Waals surface area contributed by atoms with Crippen LogP contribution in [0.3, 0.4) is 0 Å². The standard InChI is InChI=1S/C14H26/c1-3-5-7-9-11-13-14-12-10-8-6-4-2/h13-14H,1-12H2. The Morgan fingerprint density at radius 3 is 1.36 bits per heavy atom. The van der Waals surface area contributed by atoms with E-state index in [-0.39, 0.29) is 0 Å². The number of unbranched alkanes of at least 4 members (excludes halogenated alkanes) is 8. The Hall–Kier alpha value is -0.260. The van der Waals surface area contributed by atoms with Gasteiger partial charge in [0.05, 0.1) is 0 Å². The molecule has 14 heavy (non-hydrogen) atoms. The van der Waals surface area contributed by atoms with Gasteiger partial charge in [-0.25, -0.2) is 0 Å². The van der Waals surface area contributed by atoms with Gasteiger partial charge in [0.25, 0.3) is 0 Å². The molecule has 0 aliphatic heterocycles. The molecule has 0 N–H and O–H groups in total. The van der Waals surface area contributed by atoms with E-state index in [1.54, 1.807) is 0 Å². The van der Waals surface area contributed by atoms with Crippen molar-refractivity contribution in [2.75, 3.05) is 0 Å². The second kappa shape index (κ2) is 12.7. The Kier molecular flexibility index (Phi) is 12.5. The van der Waals surface area contributed by atoms with Gasteiger partial charge in [-0.2, -0.15) is 0 Å². The van der Waals surface area contributed by atoms with Crippen LogP contribution in [0.25, 0.3) is 0 Å². The summed E-state index contributed by atoms with van der Waals surface area (Å²) in [6.07, 6.45) is 17.3. The molecular formula is C14H26. The SMILES string of the molecule is [CH2]CCCCCC=CCCCCC[CH2]. The summed E-state index contributed by atoms with van der Waals surface area (Å²) in [7, 11) is 0. The van der Waals surface area contributed by atoms with Gasteiger partial charge in [-0.05, 0) is 25.7 Å². The fourth-order valence-corrected chi connectivity index (χ4v) is 1.47. The van der Waals surface area contributed by atoms with E-state index in [1.165, 1.54) is 51.4 Å². The fraction of sp³-hybridized carbons (Fsp3) is 0.714. The highest BCUT2D eigenvalue weighted by Crippen LogP contribution is 2.05. The molecule has 2 radical (unpaired) electrons. The van der Waals surface area contributed by atoms with Crippen LogP contribution >= 0.6 is 0 Å². The third-order valence-corrected chi connectivity index (χ3v) is 2.41. The lowest BCUT2D eigenvalue weighted by Crippen LogP contribution is -1.75. The van der Waals surface area contributed by atoms with Crippen LogP contribution in [0, 0.1) is 13.8 Å². The maximum Gasteiger partial charge on any atom is -0.0351 e. The molecule has 0 fully saturated rings. The zero-order valence-electron chi connectivity index (χ0n) is 9.64. The molecule has 0 bridgehead atoms. The summed E-state index contributed by atoms with van der Waals surface area (Å²) in [5.41, 5.74) is 0. The van der Waals surface area contributed by atoms with Gasteiger partial charge in [0.2, 0.25) is 0 Å². The van der Waals surface area contributed by atoms with E-state index < -0.39 is 0 Å². The van der Waals surface area contributed by atoms with E-state index in [0.29, 0.717) is 0 Å². The Morgan fingerprint density at radius 2 is 1.00 bits per heavy atom. The normalized spacial score (nSPS) is 11.3. The lowest BCUT2D eigenvalue weighted by molar-refractivity contribution is 0.684. The molecule has 82 valence electrons. The van der Waals surface area contributed by atoms with E-state index in [0.717, 1.165) is 12.8 Å². The highest BCUT2D eigenvalue weighted by atomic mass is 13.9. The molecule has 0 aliphatic rings. The quantitative estimate of drug-likeness (QED) is 0.335. The summed E-state index contributed by atoms with van der Waals surface area (Å²) in [6.45, 7) is 7.68. The van der Waals surface area contributed by atoms with Gasteiger partial charge in [-0.1, -0.05) is 64.5 Å². The second-order valence-electron chi connectivity index (χ2n) is 3.88. The van der Waals surface area contributed by atoms with Crippen molar-refractivity contribution < 1.29 is 0 Å². The molecule has 0 unspecified atom stereocenters. The third-order valence-electron chi connectivity index (χ3n) is 2.41. The summed E-state index contributed by atoms with van der Waals surface area (Å²) < 4.78 is 0. The molecule has 0 aliphatic carbocycles. The summed E-state index contributed by atoms with van der Waals surface area (Å²) >= 11 is 0. The lowest BCUT2D eigenvalue weighted by atomic mass is 10.1. The molecule has 0 rings (SSSR count). The third kappa shape index (κ3) is 11.7. The summed E-state index contributed by atoms with van der Waals surface area (Å²) in [5, 5.41) is 0. The van der Waals surface area contributed by atoms with E-state index in [9.17, 15) is 0 Å². The number of rotatable bonds is 10. The molecule has 0 nitrogen and oxygen atoms in total. The van der Waals surface area contributed by atoms with Gasteiger partial charge in [-0.3, -0.25) is 0 Å². The predicted octanol–water partition coefficient (Wildman–Crippen LogP) is 5.11. The van der Waals surface area contributed by atoms with Crippen LogP contribution in [0.4, 0.5) is 0 Å². The average Bonchev–Trinajstić information content (AvgIpc) is 2.21. The van der Waals surface area contributed by atoms with Gasteiger partial charge >= 0.3 is 0 Å². The highest BCUT2D eigenvalue weighted by molar-refractivity contribution is 4.81. The van der Waals surface area contributed by atoms with Crippen molar-refractivity contribution in [1.82, 2.24) is 0 Å². The van der Waals surface area contributed by atoms with Crippen molar-refractivity contribution in [2.24, 2.45) is 0 Å². The Bertz CT molecular complexity index is 99.2. The molecule has 0 heteroatoms. The molecule has 0 aromatic carbocycles. The lowest BCUT2D eigenvalue weighted by Gasteiger charge is -1.95. The first-order valence-corrected chi connectivity index (χ1v) is 6.15. The van der Waals surface area contributed by atoms with Gasteiger partial charge in [0.15, 0.2) is 0 Å². The van der Waals surface area contributed by atoms with Crippen LogP contribution in [-0.2, 0) is 0 Å². The first kappa shape index (κ1) is 13.7. The van der Waals surface area contributed by atoms with Crippen molar-refractivity contribution in [1.29, 1.82) is 0 Å². The first-order valence-electron chi connectivity index (χ1n) is 6.15. The Morgan fingerprint density at radius 1 is 0.571 bits per heavy atom. The molecule has 0 aromatic rings. The minimum atomic E-state index is 1.09. The largest absolute Gasteiger partial charge is 0.0885 e. The maximum atomic E-state index is 3.84. The smallest absolute Gasteiger partial charge is 0.0351 e. The van der Waals surface area contributed by atoms with Crippen LogP contribution in [-0.4, -0.2) is 0 Å². The minimum absolute atomic E-state index is 1.09. The van der Waals surface area contributed by atoms with Crippen molar-refractivity contribution in [2.45, 2.75) is 64.2 Å². The summed E-state index contributed by atoms with van der Waals surface area (Å²) in [5.74, 6) is 0. The van der Waals surface area contributed by atoms with Gasteiger partial charge in [-0.15, -0.1) is 0 Å².